The second kappa shape index (κ2) is 7.63. The first-order chi connectivity index (χ1) is 14.0. The maximum Gasteiger partial charge on any atom is 0.323 e. The normalized spacial score (nSPS) is 10.7. The molecule has 0 bridgehead atoms. The summed E-state index contributed by atoms with van der Waals surface area (Å²) < 4.78 is 0. The van der Waals surface area contributed by atoms with Crippen LogP contribution in [0.4, 0.5) is 21.9 Å². The van der Waals surface area contributed by atoms with Crippen LogP contribution in [0.3, 0.4) is 0 Å². The molecule has 146 valence electrons. The standard InChI is InChI=1S/C22H22N6O/c1-14-20-17(12-13-23-21(20)27-26-14)15-8-10-16(11-9-15)24-22(29)25-18-6-4-5-7-19(18)28(2)3/h4-13H,1-3H3,(H,23,26,27)(H2,24,25,29). The number of amides is 2. The number of carbonyl (C=O) groups excluding carboxylic acids is 1. The number of hydrogen-bond acceptors (Lipinski definition) is 4. The topological polar surface area (TPSA) is 85.9 Å². The molecular weight excluding hydrogens is 364 g/mol. The van der Waals surface area contributed by atoms with Gasteiger partial charge in [0.15, 0.2) is 5.65 Å². The van der Waals surface area contributed by atoms with Crippen molar-refractivity contribution in [2.75, 3.05) is 29.6 Å². The van der Waals surface area contributed by atoms with E-state index in [2.05, 4.69) is 25.8 Å². The van der Waals surface area contributed by atoms with Crippen LogP contribution in [0.1, 0.15) is 5.69 Å². The van der Waals surface area contributed by atoms with Crippen LogP contribution in [0.2, 0.25) is 0 Å². The van der Waals surface area contributed by atoms with Crippen molar-refractivity contribution < 1.29 is 4.79 Å². The van der Waals surface area contributed by atoms with Crippen molar-refractivity contribution in [3.8, 4) is 11.1 Å². The van der Waals surface area contributed by atoms with Gasteiger partial charge < -0.3 is 15.5 Å². The fraction of sp³-hybridized carbons (Fsp3) is 0.136. The van der Waals surface area contributed by atoms with Crippen molar-refractivity contribution in [2.24, 2.45) is 0 Å². The Bertz CT molecular complexity index is 1160. The third-order valence-electron chi connectivity index (χ3n) is 4.73. The van der Waals surface area contributed by atoms with E-state index in [9.17, 15) is 4.79 Å². The molecule has 3 N–H and O–H groups in total. The van der Waals surface area contributed by atoms with Gasteiger partial charge in [0, 0.05) is 31.4 Å². The molecule has 0 atom stereocenters. The second-order valence-corrected chi connectivity index (χ2v) is 6.96. The first-order valence-electron chi connectivity index (χ1n) is 9.27. The number of hydrogen-bond donors (Lipinski definition) is 3. The molecule has 2 heterocycles. The van der Waals surface area contributed by atoms with Crippen molar-refractivity contribution in [1.29, 1.82) is 0 Å². The fourth-order valence-corrected chi connectivity index (χ4v) is 3.33. The van der Waals surface area contributed by atoms with Crippen LogP contribution >= 0.6 is 0 Å². The molecule has 2 aromatic carbocycles. The lowest BCUT2D eigenvalue weighted by Gasteiger charge is -2.18. The van der Waals surface area contributed by atoms with Crippen molar-refractivity contribution in [2.45, 2.75) is 6.92 Å². The Morgan fingerprint density at radius 2 is 1.76 bits per heavy atom. The zero-order valence-corrected chi connectivity index (χ0v) is 16.5. The molecule has 0 aliphatic rings. The molecule has 7 heteroatoms. The first-order valence-corrected chi connectivity index (χ1v) is 9.27. The number of urea groups is 1. The Hall–Kier alpha value is -3.87. The third-order valence-corrected chi connectivity index (χ3v) is 4.73. The fourth-order valence-electron chi connectivity index (χ4n) is 3.33. The van der Waals surface area contributed by atoms with Crippen LogP contribution in [0.25, 0.3) is 22.2 Å². The SMILES string of the molecule is Cc1n[nH]c2nccc(-c3ccc(NC(=O)Nc4ccccc4N(C)C)cc3)c12. The van der Waals surface area contributed by atoms with Crippen LogP contribution in [-0.2, 0) is 0 Å². The Kier molecular flexibility index (Phi) is 4.87. The van der Waals surface area contributed by atoms with Gasteiger partial charge in [-0.1, -0.05) is 24.3 Å². The van der Waals surface area contributed by atoms with Gasteiger partial charge in [-0.3, -0.25) is 5.10 Å². The van der Waals surface area contributed by atoms with Crippen LogP contribution in [0, 0.1) is 6.92 Å². The molecule has 0 radical (unpaired) electrons. The van der Waals surface area contributed by atoms with E-state index >= 15 is 0 Å². The van der Waals surface area contributed by atoms with Gasteiger partial charge >= 0.3 is 6.03 Å². The summed E-state index contributed by atoms with van der Waals surface area (Å²) in [7, 11) is 3.88. The van der Waals surface area contributed by atoms with E-state index in [0.29, 0.717) is 5.69 Å². The van der Waals surface area contributed by atoms with Gasteiger partial charge in [0.05, 0.1) is 17.1 Å². The minimum absolute atomic E-state index is 0.288. The zero-order chi connectivity index (χ0) is 20.4. The maximum absolute atomic E-state index is 12.4. The highest BCUT2D eigenvalue weighted by atomic mass is 16.2. The Labute approximate surface area is 168 Å². The number of nitrogens with zero attached hydrogens (tertiary/aromatic N) is 3. The van der Waals surface area contributed by atoms with E-state index < -0.39 is 0 Å². The summed E-state index contributed by atoms with van der Waals surface area (Å²) in [4.78, 5) is 18.7. The minimum Gasteiger partial charge on any atom is -0.376 e. The lowest BCUT2D eigenvalue weighted by Crippen LogP contribution is -2.21. The highest BCUT2D eigenvalue weighted by Crippen LogP contribution is 2.29. The number of pyridine rings is 1. The van der Waals surface area contributed by atoms with E-state index in [4.69, 9.17) is 0 Å². The lowest BCUT2D eigenvalue weighted by molar-refractivity contribution is 0.262. The molecule has 4 aromatic rings. The molecule has 0 spiro atoms. The van der Waals surface area contributed by atoms with Crippen molar-refractivity contribution >= 4 is 34.1 Å². The number of para-hydroxylation sites is 2. The van der Waals surface area contributed by atoms with Crippen molar-refractivity contribution in [3.63, 3.8) is 0 Å². The number of aromatic nitrogens is 3. The Morgan fingerprint density at radius 1 is 1.00 bits per heavy atom. The molecule has 0 aliphatic heterocycles. The number of aromatic amines is 1. The lowest BCUT2D eigenvalue weighted by atomic mass is 10.0. The average molecular weight is 386 g/mol. The Balaban J connectivity index is 1.51. The number of nitrogens with one attached hydrogen (secondary N) is 3. The van der Waals surface area contributed by atoms with Crippen LogP contribution in [0.15, 0.2) is 60.8 Å². The number of aryl methyl sites for hydroxylation is 1. The summed E-state index contributed by atoms with van der Waals surface area (Å²) in [6.45, 7) is 1.95. The number of rotatable bonds is 4. The summed E-state index contributed by atoms with van der Waals surface area (Å²) >= 11 is 0. The predicted octanol–water partition coefficient (Wildman–Crippen LogP) is 4.64. The molecule has 2 amide bonds. The van der Waals surface area contributed by atoms with Gasteiger partial charge in [0.1, 0.15) is 0 Å². The van der Waals surface area contributed by atoms with E-state index in [1.165, 1.54) is 0 Å². The van der Waals surface area contributed by atoms with Gasteiger partial charge in [-0.15, -0.1) is 0 Å². The summed E-state index contributed by atoms with van der Waals surface area (Å²) in [5.41, 5.74) is 6.16. The molecule has 0 fully saturated rings. The second-order valence-electron chi connectivity index (χ2n) is 6.96. The highest BCUT2D eigenvalue weighted by Gasteiger charge is 2.11. The first kappa shape index (κ1) is 18.5. The average Bonchev–Trinajstić information content (AvgIpc) is 3.10. The quantitative estimate of drug-likeness (QED) is 0.477. The summed E-state index contributed by atoms with van der Waals surface area (Å²) in [6, 6.07) is 17.1. The van der Waals surface area contributed by atoms with Crippen LogP contribution in [0.5, 0.6) is 0 Å². The molecule has 7 nitrogen and oxygen atoms in total. The van der Waals surface area contributed by atoms with Crippen LogP contribution in [-0.4, -0.2) is 35.3 Å². The number of carbonyl (C=O) groups is 1. The molecule has 29 heavy (non-hydrogen) atoms. The van der Waals surface area contributed by atoms with E-state index in [1.54, 1.807) is 6.20 Å². The monoisotopic (exact) mass is 386 g/mol. The van der Waals surface area contributed by atoms with E-state index in [0.717, 1.165) is 39.2 Å². The maximum atomic E-state index is 12.4. The summed E-state index contributed by atoms with van der Waals surface area (Å²) in [5, 5.41) is 14.0. The van der Waals surface area contributed by atoms with Crippen molar-refractivity contribution in [3.05, 3.63) is 66.5 Å². The number of fused-ring (bicyclic) bond motifs is 1. The summed E-state index contributed by atoms with van der Waals surface area (Å²) in [6.07, 6.45) is 1.76. The molecule has 0 aliphatic carbocycles. The van der Waals surface area contributed by atoms with Gasteiger partial charge in [-0.05, 0) is 48.4 Å². The molecular formula is C22H22N6O. The van der Waals surface area contributed by atoms with Crippen molar-refractivity contribution in [1.82, 2.24) is 15.2 Å². The number of H-pyrrole nitrogens is 1. The number of benzene rings is 2. The number of anilines is 3. The largest absolute Gasteiger partial charge is 0.376 e. The minimum atomic E-state index is -0.288. The third kappa shape index (κ3) is 3.75. The smallest absolute Gasteiger partial charge is 0.323 e. The molecule has 0 saturated carbocycles. The van der Waals surface area contributed by atoms with Gasteiger partial charge in [-0.2, -0.15) is 5.10 Å². The molecule has 4 rings (SSSR count). The molecule has 0 unspecified atom stereocenters. The van der Waals surface area contributed by atoms with Gasteiger partial charge in [0.2, 0.25) is 0 Å². The van der Waals surface area contributed by atoms with E-state index in [-0.39, 0.29) is 6.03 Å². The summed E-state index contributed by atoms with van der Waals surface area (Å²) in [5.74, 6) is 0. The van der Waals surface area contributed by atoms with Gasteiger partial charge in [0.25, 0.3) is 0 Å². The molecule has 0 saturated heterocycles. The zero-order valence-electron chi connectivity index (χ0n) is 16.5. The van der Waals surface area contributed by atoms with Gasteiger partial charge in [-0.25, -0.2) is 9.78 Å². The predicted molar refractivity (Wildman–Crippen MR) is 117 cm³/mol. The van der Waals surface area contributed by atoms with E-state index in [1.807, 2.05) is 80.5 Å². The van der Waals surface area contributed by atoms with Crippen LogP contribution < -0.4 is 15.5 Å². The highest BCUT2D eigenvalue weighted by molar-refractivity contribution is 6.02. The Morgan fingerprint density at radius 3 is 2.52 bits per heavy atom. The molecule has 2 aromatic heterocycles.